The topological polar surface area (TPSA) is 90.4 Å². The zero-order chi connectivity index (χ0) is 25.3. The molecule has 1 atom stereocenters. The molecular weight excluding hydrogens is 446 g/mol. The van der Waals surface area contributed by atoms with Crippen molar-refractivity contribution in [3.8, 4) is 5.75 Å². The number of likely N-dealkylation sites (tertiary alicyclic amines) is 1. The predicted molar refractivity (Wildman–Crippen MR) is 133 cm³/mol. The first-order chi connectivity index (χ1) is 16.8. The molecule has 0 bridgehead atoms. The van der Waals surface area contributed by atoms with E-state index >= 15 is 0 Å². The molecule has 2 amide bonds. The molecule has 35 heavy (non-hydrogen) atoms. The smallest absolute Gasteiger partial charge is 0.296 e. The summed E-state index contributed by atoms with van der Waals surface area (Å²) in [4.78, 5) is 45.7. The number of benzene rings is 2. The van der Waals surface area contributed by atoms with E-state index in [-0.39, 0.29) is 18.7 Å². The number of carbonyl (C=O) groups excluding carboxylic acids is 3. The van der Waals surface area contributed by atoms with Crippen LogP contribution in [0.2, 0.25) is 0 Å². The Balaban J connectivity index is 1.99. The first-order valence-corrected chi connectivity index (χ1v) is 11.5. The highest BCUT2D eigenvalue weighted by Gasteiger charge is 2.66. The van der Waals surface area contributed by atoms with Gasteiger partial charge in [-0.05, 0) is 51.4 Å². The van der Waals surface area contributed by atoms with Gasteiger partial charge < -0.3 is 24.5 Å². The van der Waals surface area contributed by atoms with Crippen LogP contribution in [0.15, 0.2) is 66.8 Å². The molecule has 4 rings (SSSR count). The Morgan fingerprint density at radius 1 is 1.11 bits per heavy atom. The lowest BCUT2D eigenvalue weighted by atomic mass is 9.82. The highest BCUT2D eigenvalue weighted by atomic mass is 16.5. The van der Waals surface area contributed by atoms with Gasteiger partial charge in [-0.1, -0.05) is 24.3 Å². The van der Waals surface area contributed by atoms with Gasteiger partial charge in [-0.15, -0.1) is 6.58 Å². The fraction of sp³-hybridized carbons (Fsp3) is 0.296. The van der Waals surface area contributed by atoms with E-state index in [4.69, 9.17) is 4.74 Å². The molecule has 2 aromatic rings. The van der Waals surface area contributed by atoms with Crippen molar-refractivity contribution in [1.29, 1.82) is 0 Å². The maximum Gasteiger partial charge on any atom is 0.296 e. The fourth-order valence-corrected chi connectivity index (χ4v) is 4.80. The van der Waals surface area contributed by atoms with Crippen LogP contribution < -0.4 is 9.64 Å². The molecule has 2 aromatic carbocycles. The van der Waals surface area contributed by atoms with E-state index in [9.17, 15) is 19.5 Å². The highest BCUT2D eigenvalue weighted by Crippen LogP contribution is 2.53. The fourth-order valence-electron chi connectivity index (χ4n) is 4.80. The zero-order valence-electron chi connectivity index (χ0n) is 20.2. The molecule has 1 N–H and O–H groups in total. The average Bonchev–Trinajstić information content (AvgIpc) is 3.22. The molecular formula is C27H29N3O5. The Morgan fingerprint density at radius 3 is 2.43 bits per heavy atom. The number of aliphatic hydroxyl groups excluding tert-OH is 1. The van der Waals surface area contributed by atoms with Crippen molar-refractivity contribution in [3.05, 3.63) is 77.9 Å². The summed E-state index contributed by atoms with van der Waals surface area (Å²) in [7, 11) is 3.69. The monoisotopic (exact) mass is 475 g/mol. The van der Waals surface area contributed by atoms with E-state index < -0.39 is 28.9 Å². The van der Waals surface area contributed by atoms with Gasteiger partial charge in [0.15, 0.2) is 5.54 Å². The summed E-state index contributed by atoms with van der Waals surface area (Å²) in [6.07, 6.45) is 1.59. The summed E-state index contributed by atoms with van der Waals surface area (Å²) in [6, 6.07) is 13.6. The number of Topliss-reactive ketones (excluding diaryl/α,β-unsaturated/α-hetero) is 1. The lowest BCUT2D eigenvalue weighted by Crippen LogP contribution is -2.53. The third-order valence-corrected chi connectivity index (χ3v) is 6.33. The second-order valence-corrected chi connectivity index (χ2v) is 8.70. The van der Waals surface area contributed by atoms with E-state index in [1.165, 1.54) is 9.80 Å². The van der Waals surface area contributed by atoms with Crippen LogP contribution in [0.3, 0.4) is 0 Å². The van der Waals surface area contributed by atoms with Gasteiger partial charge in [-0.25, -0.2) is 0 Å². The Bertz CT molecular complexity index is 1220. The Morgan fingerprint density at radius 2 is 1.80 bits per heavy atom. The number of ketones is 1. The molecule has 2 aliphatic rings. The molecule has 2 heterocycles. The molecule has 8 nitrogen and oxygen atoms in total. The van der Waals surface area contributed by atoms with Crippen molar-refractivity contribution < 1.29 is 24.2 Å². The van der Waals surface area contributed by atoms with Crippen molar-refractivity contribution in [1.82, 2.24) is 9.80 Å². The summed E-state index contributed by atoms with van der Waals surface area (Å²) in [5.74, 6) is -1.97. The van der Waals surface area contributed by atoms with Crippen LogP contribution in [0.4, 0.5) is 5.69 Å². The molecule has 2 aliphatic heterocycles. The summed E-state index contributed by atoms with van der Waals surface area (Å²) < 4.78 is 5.47. The molecule has 1 saturated heterocycles. The third kappa shape index (κ3) is 3.70. The van der Waals surface area contributed by atoms with Gasteiger partial charge in [-0.3, -0.25) is 14.4 Å². The molecule has 8 heteroatoms. The molecule has 0 saturated carbocycles. The number of carbonyl (C=O) groups is 3. The van der Waals surface area contributed by atoms with Gasteiger partial charge in [0.25, 0.3) is 17.6 Å². The highest BCUT2D eigenvalue weighted by molar-refractivity contribution is 6.50. The van der Waals surface area contributed by atoms with Gasteiger partial charge >= 0.3 is 0 Å². The maximum absolute atomic E-state index is 14.2. The maximum atomic E-state index is 14.2. The van der Waals surface area contributed by atoms with Crippen molar-refractivity contribution >= 4 is 29.0 Å². The lowest BCUT2D eigenvalue weighted by molar-refractivity contribution is -0.143. The van der Waals surface area contributed by atoms with Crippen LogP contribution in [0.25, 0.3) is 5.76 Å². The van der Waals surface area contributed by atoms with Crippen molar-refractivity contribution in [2.75, 3.05) is 45.2 Å². The summed E-state index contributed by atoms with van der Waals surface area (Å²) in [5.41, 5.74) is -0.628. The first kappa shape index (κ1) is 24.2. The Kier molecular flexibility index (Phi) is 6.49. The number of ether oxygens (including phenoxy) is 1. The van der Waals surface area contributed by atoms with Crippen LogP contribution in [0.1, 0.15) is 18.1 Å². The van der Waals surface area contributed by atoms with Crippen LogP contribution in [-0.2, 0) is 19.9 Å². The van der Waals surface area contributed by atoms with Crippen molar-refractivity contribution in [2.24, 2.45) is 0 Å². The number of fused-ring (bicyclic) bond motifs is 2. The molecule has 1 spiro atoms. The number of likely N-dealkylation sites (N-methyl/N-ethyl adjacent to an activating group) is 1. The van der Waals surface area contributed by atoms with Crippen LogP contribution in [0.5, 0.6) is 5.75 Å². The number of aliphatic hydroxyl groups is 1. The molecule has 0 radical (unpaired) electrons. The summed E-state index contributed by atoms with van der Waals surface area (Å²) in [5, 5.41) is 11.4. The minimum atomic E-state index is -1.77. The number of rotatable bonds is 8. The molecule has 182 valence electrons. The quantitative estimate of drug-likeness (QED) is 0.273. The molecule has 0 aromatic heterocycles. The van der Waals surface area contributed by atoms with E-state index in [0.717, 1.165) is 0 Å². The normalized spacial score (nSPS) is 20.7. The summed E-state index contributed by atoms with van der Waals surface area (Å²) in [6.45, 7) is 6.84. The number of anilines is 1. The number of nitrogens with zero attached hydrogens (tertiary/aromatic N) is 3. The van der Waals surface area contributed by atoms with E-state index in [1.807, 2.05) is 25.9 Å². The SMILES string of the molecule is C=CCN1C(=O)C2(C(=C(O)c3ccc(OCC)cc3)C(=O)C(=O)N2CCN(C)C)c2ccccc21. The summed E-state index contributed by atoms with van der Waals surface area (Å²) >= 11 is 0. The standard InChI is InChI=1S/C27H29N3O5/c1-5-15-29-21-10-8-7-9-20(21)27(26(29)34)22(24(32)25(33)30(27)17-16-28(3)4)23(31)18-11-13-19(14-12-18)35-6-2/h5,7-14,31H,1,6,15-17H2,2-4H3. The van der Waals surface area contributed by atoms with Gasteiger partial charge in [0, 0.05) is 30.8 Å². The van der Waals surface area contributed by atoms with Crippen LogP contribution in [0, 0.1) is 0 Å². The van der Waals surface area contributed by atoms with Crippen LogP contribution >= 0.6 is 0 Å². The zero-order valence-corrected chi connectivity index (χ0v) is 20.2. The van der Waals surface area contributed by atoms with Gasteiger partial charge in [-0.2, -0.15) is 0 Å². The molecule has 1 unspecified atom stereocenters. The van der Waals surface area contributed by atoms with Crippen LogP contribution in [-0.4, -0.2) is 72.8 Å². The van der Waals surface area contributed by atoms with E-state index in [2.05, 4.69) is 6.58 Å². The third-order valence-electron chi connectivity index (χ3n) is 6.33. The largest absolute Gasteiger partial charge is 0.507 e. The van der Waals surface area contributed by atoms with Gasteiger partial charge in [0.05, 0.1) is 17.9 Å². The van der Waals surface area contributed by atoms with Gasteiger partial charge in [0.2, 0.25) is 0 Å². The Labute approximate surface area is 204 Å². The van der Waals surface area contributed by atoms with Crippen molar-refractivity contribution in [2.45, 2.75) is 12.5 Å². The number of hydrogen-bond donors (Lipinski definition) is 1. The minimum absolute atomic E-state index is 0.125. The second-order valence-electron chi connectivity index (χ2n) is 8.70. The first-order valence-electron chi connectivity index (χ1n) is 11.5. The second kappa shape index (κ2) is 9.38. The lowest BCUT2D eigenvalue weighted by Gasteiger charge is -2.35. The average molecular weight is 476 g/mol. The minimum Gasteiger partial charge on any atom is -0.507 e. The van der Waals surface area contributed by atoms with Gasteiger partial charge in [0.1, 0.15) is 11.5 Å². The number of amides is 2. The van der Waals surface area contributed by atoms with E-state index in [1.54, 1.807) is 54.6 Å². The predicted octanol–water partition coefficient (Wildman–Crippen LogP) is 2.76. The Hall–Kier alpha value is -3.91. The number of para-hydroxylation sites is 1. The molecule has 1 fully saturated rings. The molecule has 0 aliphatic carbocycles. The number of hydrogen-bond acceptors (Lipinski definition) is 6. The van der Waals surface area contributed by atoms with Crippen molar-refractivity contribution in [3.63, 3.8) is 0 Å². The van der Waals surface area contributed by atoms with E-state index in [0.29, 0.717) is 35.7 Å².